The highest BCUT2D eigenvalue weighted by Crippen LogP contribution is 2.45. The topological polar surface area (TPSA) is 132 Å². The minimum absolute atomic E-state index is 0.00306. The lowest BCUT2D eigenvalue weighted by Gasteiger charge is -2.34. The summed E-state index contributed by atoms with van der Waals surface area (Å²) in [5, 5.41) is 21.8. The maximum atomic E-state index is 14.3. The third-order valence-electron chi connectivity index (χ3n) is 9.81. The Morgan fingerprint density at radius 3 is 2.43 bits per heavy atom. The summed E-state index contributed by atoms with van der Waals surface area (Å²) in [7, 11) is 0. The van der Waals surface area contributed by atoms with Crippen molar-refractivity contribution in [2.45, 2.75) is 43.9 Å². The summed E-state index contributed by atoms with van der Waals surface area (Å²) in [4.78, 5) is 34.0. The van der Waals surface area contributed by atoms with Crippen LogP contribution < -0.4 is 15.4 Å². The molecule has 2 aliphatic heterocycles. The molecular weight excluding hydrogens is 739 g/mol. The van der Waals surface area contributed by atoms with E-state index in [1.165, 1.54) is 34.2 Å². The van der Waals surface area contributed by atoms with Gasteiger partial charge in [-0.3, -0.25) is 15.0 Å². The zero-order valence-corrected chi connectivity index (χ0v) is 30.3. The van der Waals surface area contributed by atoms with Crippen LogP contribution in [0.15, 0.2) is 101 Å². The van der Waals surface area contributed by atoms with Gasteiger partial charge in [0, 0.05) is 24.1 Å². The first-order valence-corrected chi connectivity index (χ1v) is 17.8. The summed E-state index contributed by atoms with van der Waals surface area (Å²) >= 11 is 12.6. The number of fused-ring (bicyclic) bond motifs is 3. The van der Waals surface area contributed by atoms with E-state index in [-0.39, 0.29) is 41.5 Å². The number of hydrogen-bond acceptors (Lipinski definition) is 7. The molecule has 2 amide bonds. The van der Waals surface area contributed by atoms with Crippen molar-refractivity contribution in [3.63, 3.8) is 0 Å². The van der Waals surface area contributed by atoms with Gasteiger partial charge >= 0.3 is 12.7 Å². The minimum Gasteiger partial charge on any atom is -0.448 e. The van der Waals surface area contributed by atoms with Crippen LogP contribution in [-0.2, 0) is 9.53 Å². The Bertz CT molecular complexity index is 2170. The molecule has 276 valence electrons. The van der Waals surface area contributed by atoms with E-state index in [1.54, 1.807) is 25.1 Å². The van der Waals surface area contributed by atoms with Crippen molar-refractivity contribution in [2.75, 3.05) is 19.7 Å². The zero-order chi connectivity index (χ0) is 38.0. The number of aliphatic imine (C=N–C) groups is 1. The molecule has 4 aromatic rings. The van der Waals surface area contributed by atoms with Crippen molar-refractivity contribution in [2.24, 2.45) is 10.1 Å². The molecule has 2 atom stereocenters. The summed E-state index contributed by atoms with van der Waals surface area (Å²) in [6, 6.07) is 25.9. The van der Waals surface area contributed by atoms with Crippen molar-refractivity contribution in [3.8, 4) is 23.1 Å². The number of nitriles is 1. The fourth-order valence-electron chi connectivity index (χ4n) is 7.19. The fourth-order valence-corrected chi connectivity index (χ4v) is 7.49. The van der Waals surface area contributed by atoms with E-state index in [0.717, 1.165) is 22.3 Å². The van der Waals surface area contributed by atoms with E-state index in [9.17, 15) is 23.6 Å². The first-order valence-electron chi connectivity index (χ1n) is 17.1. The average molecular weight is 773 g/mol. The van der Waals surface area contributed by atoms with Crippen LogP contribution in [0.5, 0.6) is 5.75 Å². The van der Waals surface area contributed by atoms with Crippen LogP contribution in [0.1, 0.15) is 42.4 Å². The average Bonchev–Trinajstić information content (AvgIpc) is 3.86. The molecule has 1 unspecified atom stereocenters. The number of ether oxygens (including phenoxy) is 2. The number of benzene rings is 4. The largest absolute Gasteiger partial charge is 0.448 e. The molecule has 1 aliphatic carbocycles. The summed E-state index contributed by atoms with van der Waals surface area (Å²) in [6.45, 7) is -0.898. The quantitative estimate of drug-likeness (QED) is 0.0814. The number of hydrogen-bond donors (Lipinski definition) is 2. The van der Waals surface area contributed by atoms with Crippen LogP contribution in [0.3, 0.4) is 0 Å². The van der Waals surface area contributed by atoms with E-state index in [2.05, 4.69) is 32.5 Å². The summed E-state index contributed by atoms with van der Waals surface area (Å²) in [5.74, 6) is -0.749. The molecule has 15 heteroatoms. The predicted molar refractivity (Wildman–Crippen MR) is 200 cm³/mol. The molecule has 7 rings (SSSR count). The number of likely N-dealkylation sites (tertiary alicyclic amines) is 1. The lowest BCUT2D eigenvalue weighted by atomic mass is 9.96. The molecule has 0 bridgehead atoms. The number of rotatable bonds is 8. The molecule has 11 nitrogen and oxygen atoms in total. The van der Waals surface area contributed by atoms with E-state index in [4.69, 9.17) is 33.0 Å². The smallest absolute Gasteiger partial charge is 0.410 e. The number of nitrogens with zero attached hydrogens (tertiary/aromatic N) is 5. The lowest BCUT2D eigenvalue weighted by molar-refractivity contribution is -0.130. The predicted octanol–water partition coefficient (Wildman–Crippen LogP) is 7.66. The molecule has 4 aromatic carbocycles. The lowest BCUT2D eigenvalue weighted by Crippen LogP contribution is -2.59. The third kappa shape index (κ3) is 7.27. The molecular formula is C39H33Cl2F2N7O4. The van der Waals surface area contributed by atoms with Crippen molar-refractivity contribution in [1.82, 2.24) is 20.5 Å². The van der Waals surface area contributed by atoms with E-state index in [1.807, 2.05) is 42.6 Å². The number of halogens is 4. The maximum Gasteiger partial charge on any atom is 0.410 e. The van der Waals surface area contributed by atoms with Gasteiger partial charge in [-0.25, -0.2) is 14.8 Å². The first kappa shape index (κ1) is 36.6. The van der Waals surface area contributed by atoms with Crippen LogP contribution in [0, 0.1) is 11.5 Å². The van der Waals surface area contributed by atoms with Gasteiger partial charge in [-0.15, -0.1) is 0 Å². The Kier molecular flexibility index (Phi) is 10.4. The summed E-state index contributed by atoms with van der Waals surface area (Å²) in [5.41, 5.74) is 4.22. The van der Waals surface area contributed by atoms with Gasteiger partial charge in [-0.2, -0.15) is 19.1 Å². The zero-order valence-electron chi connectivity index (χ0n) is 28.8. The fraction of sp³-hybridized carbons (Fsp3) is 0.256. The number of guanidine groups is 1. The van der Waals surface area contributed by atoms with Crippen LogP contribution >= 0.6 is 23.2 Å². The molecule has 0 spiro atoms. The molecule has 0 saturated carbocycles. The van der Waals surface area contributed by atoms with Crippen LogP contribution in [-0.4, -0.2) is 71.5 Å². The second-order valence-corrected chi connectivity index (χ2v) is 13.9. The molecule has 0 aromatic heterocycles. The van der Waals surface area contributed by atoms with Crippen molar-refractivity contribution >= 4 is 52.6 Å². The van der Waals surface area contributed by atoms with Gasteiger partial charge in [0.15, 0.2) is 6.19 Å². The Balaban J connectivity index is 1.12. The van der Waals surface area contributed by atoms with Gasteiger partial charge in [-0.1, -0.05) is 83.9 Å². The van der Waals surface area contributed by atoms with Crippen molar-refractivity contribution in [1.29, 1.82) is 5.26 Å². The third-order valence-corrected chi connectivity index (χ3v) is 10.6. The van der Waals surface area contributed by atoms with Gasteiger partial charge in [0.25, 0.3) is 0 Å². The Hall–Kier alpha value is -5.71. The normalized spacial score (nSPS) is 19.2. The number of carbonyl (C=O) groups excluding carboxylic acids is 2. The number of hydrazone groups is 1. The van der Waals surface area contributed by atoms with E-state index < -0.39 is 30.2 Å². The van der Waals surface area contributed by atoms with Gasteiger partial charge < -0.3 is 14.8 Å². The minimum atomic E-state index is -3.04. The molecule has 0 radical (unpaired) electrons. The van der Waals surface area contributed by atoms with Crippen LogP contribution in [0.25, 0.3) is 11.1 Å². The number of alkyl halides is 2. The second kappa shape index (κ2) is 15.3. The number of carbonyl (C=O) groups is 2. The first-order chi connectivity index (χ1) is 26.0. The van der Waals surface area contributed by atoms with E-state index in [0.29, 0.717) is 35.7 Å². The Labute approximate surface area is 319 Å². The SMILES string of the molecule is C[C@]1(C(=O)NC2CN(C(=Nc3cccc(OC(F)F)c3)NC#N)N=C2c2ccc(Cl)c(Cl)c2)CCCN1C(=O)OCC1c2ccccc2-c2ccccc21. The Morgan fingerprint density at radius 2 is 1.74 bits per heavy atom. The number of nitrogens with one attached hydrogen (secondary N) is 2. The van der Waals surface area contributed by atoms with Gasteiger partial charge in [0.05, 0.1) is 34.0 Å². The molecule has 2 N–H and O–H groups in total. The van der Waals surface area contributed by atoms with Crippen molar-refractivity contribution in [3.05, 3.63) is 118 Å². The highest BCUT2D eigenvalue weighted by molar-refractivity contribution is 6.42. The second-order valence-electron chi connectivity index (χ2n) is 13.1. The van der Waals surface area contributed by atoms with Gasteiger partial charge in [0.1, 0.15) is 17.9 Å². The Morgan fingerprint density at radius 1 is 1.02 bits per heavy atom. The highest BCUT2D eigenvalue weighted by atomic mass is 35.5. The summed E-state index contributed by atoms with van der Waals surface area (Å²) < 4.78 is 36.2. The standard InChI is InChI=1S/C39H33Cl2F2N7O4/c1-39(16-7-17-49(39)38(52)53-21-30-28-12-4-2-10-26(28)27-11-3-5-13-29(27)30)35(51)47-33-20-50(48-34(33)23-14-15-31(40)32(41)18-23)37(45-22-44)46-24-8-6-9-25(19-24)54-36(42)43/h2-6,8-15,18-19,30,33,36H,7,16-17,20-21H2,1H3,(H,45,46)(H,47,51)/t33?,39-/m1/s1. The molecule has 2 heterocycles. The number of amides is 2. The van der Waals surface area contributed by atoms with Crippen molar-refractivity contribution < 1.29 is 27.8 Å². The van der Waals surface area contributed by atoms with Crippen LogP contribution in [0.2, 0.25) is 10.0 Å². The molecule has 54 heavy (non-hydrogen) atoms. The molecule has 1 fully saturated rings. The molecule has 3 aliphatic rings. The van der Waals surface area contributed by atoms with Crippen LogP contribution in [0.4, 0.5) is 19.3 Å². The highest BCUT2D eigenvalue weighted by Gasteiger charge is 2.48. The summed E-state index contributed by atoms with van der Waals surface area (Å²) in [6.07, 6.45) is 2.20. The molecule has 1 saturated heterocycles. The van der Waals surface area contributed by atoms with Gasteiger partial charge in [-0.05, 0) is 66.3 Å². The maximum absolute atomic E-state index is 14.3. The van der Waals surface area contributed by atoms with E-state index >= 15 is 0 Å². The monoisotopic (exact) mass is 771 g/mol. The van der Waals surface area contributed by atoms with Gasteiger partial charge in [0.2, 0.25) is 11.9 Å².